The van der Waals surface area contributed by atoms with Gasteiger partial charge in [-0.05, 0) is 30.3 Å². The largest absolute Gasteiger partial charge is 0.418 e. The first-order valence-corrected chi connectivity index (χ1v) is 7.09. The number of hydrogen-bond donors (Lipinski definition) is 1. The molecular formula is C16H14ClF3N2O. The Labute approximate surface area is 136 Å². The molecule has 0 saturated heterocycles. The number of carbonyl (C=O) groups is 1. The summed E-state index contributed by atoms with van der Waals surface area (Å²) in [5.41, 5.74) is -0.427. The van der Waals surface area contributed by atoms with Crippen LogP contribution in [0.15, 0.2) is 48.5 Å². The minimum atomic E-state index is -4.55. The molecule has 23 heavy (non-hydrogen) atoms. The van der Waals surface area contributed by atoms with Crippen LogP contribution in [0.5, 0.6) is 0 Å². The number of anilines is 2. The fraction of sp³-hybridized carbons (Fsp3) is 0.188. The highest BCUT2D eigenvalue weighted by atomic mass is 35.5. The van der Waals surface area contributed by atoms with Gasteiger partial charge in [0.05, 0.1) is 12.1 Å². The van der Waals surface area contributed by atoms with E-state index < -0.39 is 11.7 Å². The maximum absolute atomic E-state index is 13.0. The second-order valence-corrected chi connectivity index (χ2v) is 5.27. The number of amides is 1. The summed E-state index contributed by atoms with van der Waals surface area (Å²) in [5, 5.41) is 2.51. The summed E-state index contributed by atoms with van der Waals surface area (Å²) < 4.78 is 38.9. The fourth-order valence-corrected chi connectivity index (χ4v) is 2.16. The van der Waals surface area contributed by atoms with Crippen molar-refractivity contribution in [2.75, 3.05) is 23.8 Å². The predicted molar refractivity (Wildman–Crippen MR) is 84.8 cm³/mol. The highest BCUT2D eigenvalue weighted by molar-refractivity contribution is 6.30. The summed E-state index contributed by atoms with van der Waals surface area (Å²) in [6, 6.07) is 12.2. The zero-order valence-corrected chi connectivity index (χ0v) is 12.9. The van der Waals surface area contributed by atoms with Crippen molar-refractivity contribution in [3.63, 3.8) is 0 Å². The number of likely N-dealkylation sites (N-methyl/N-ethyl adjacent to an activating group) is 1. The molecule has 122 valence electrons. The van der Waals surface area contributed by atoms with Gasteiger partial charge in [0, 0.05) is 23.4 Å². The standard InChI is InChI=1S/C16H14ClF3N2O/c1-22(12-5-3-2-4-6-12)15(23)10-21-14-8-7-11(17)9-13(14)16(18,19)20/h2-9,21H,10H2,1H3. The highest BCUT2D eigenvalue weighted by Crippen LogP contribution is 2.36. The monoisotopic (exact) mass is 342 g/mol. The van der Waals surface area contributed by atoms with Crippen molar-refractivity contribution in [1.82, 2.24) is 0 Å². The molecule has 0 spiro atoms. The Bertz CT molecular complexity index is 689. The molecule has 0 unspecified atom stereocenters. The van der Waals surface area contributed by atoms with Gasteiger partial charge >= 0.3 is 6.18 Å². The lowest BCUT2D eigenvalue weighted by atomic mass is 10.1. The van der Waals surface area contributed by atoms with Gasteiger partial charge in [0.25, 0.3) is 0 Å². The van der Waals surface area contributed by atoms with Crippen molar-refractivity contribution in [3.05, 3.63) is 59.1 Å². The van der Waals surface area contributed by atoms with Crippen LogP contribution in [-0.4, -0.2) is 19.5 Å². The molecule has 0 saturated carbocycles. The van der Waals surface area contributed by atoms with E-state index in [0.29, 0.717) is 5.69 Å². The molecular weight excluding hydrogens is 329 g/mol. The quantitative estimate of drug-likeness (QED) is 0.891. The first-order valence-electron chi connectivity index (χ1n) is 6.71. The Balaban J connectivity index is 2.11. The molecule has 3 nitrogen and oxygen atoms in total. The Hall–Kier alpha value is -2.21. The number of benzene rings is 2. The lowest BCUT2D eigenvalue weighted by molar-refractivity contribution is -0.137. The van der Waals surface area contributed by atoms with Gasteiger partial charge in [-0.2, -0.15) is 13.2 Å². The van der Waals surface area contributed by atoms with E-state index in [1.165, 1.54) is 17.0 Å². The summed E-state index contributed by atoms with van der Waals surface area (Å²) >= 11 is 5.61. The van der Waals surface area contributed by atoms with E-state index in [9.17, 15) is 18.0 Å². The van der Waals surface area contributed by atoms with Gasteiger partial charge in [0.15, 0.2) is 0 Å². The van der Waals surface area contributed by atoms with Crippen LogP contribution < -0.4 is 10.2 Å². The predicted octanol–water partition coefficient (Wildman–Crippen LogP) is 4.43. The molecule has 1 N–H and O–H groups in total. The van der Waals surface area contributed by atoms with Gasteiger partial charge in [0.1, 0.15) is 0 Å². The van der Waals surface area contributed by atoms with Crippen LogP contribution in [0.1, 0.15) is 5.56 Å². The molecule has 0 fully saturated rings. The van der Waals surface area contributed by atoms with Crippen LogP contribution in [0.3, 0.4) is 0 Å². The number of hydrogen-bond acceptors (Lipinski definition) is 2. The van der Waals surface area contributed by atoms with Gasteiger partial charge < -0.3 is 10.2 Å². The third-order valence-electron chi connectivity index (χ3n) is 3.23. The smallest absolute Gasteiger partial charge is 0.376 e. The second kappa shape index (κ2) is 6.91. The van der Waals surface area contributed by atoms with Gasteiger partial charge in [-0.15, -0.1) is 0 Å². The molecule has 0 bridgehead atoms. The molecule has 0 aromatic heterocycles. The lowest BCUT2D eigenvalue weighted by Crippen LogP contribution is -2.32. The van der Waals surface area contributed by atoms with E-state index in [4.69, 9.17) is 11.6 Å². The van der Waals surface area contributed by atoms with Gasteiger partial charge in [-0.3, -0.25) is 4.79 Å². The number of nitrogens with one attached hydrogen (secondary N) is 1. The SMILES string of the molecule is CN(C(=O)CNc1ccc(Cl)cc1C(F)(F)F)c1ccccc1. The number of carbonyl (C=O) groups excluding carboxylic acids is 1. The molecule has 0 radical (unpaired) electrons. The van der Waals surface area contributed by atoms with Crippen LogP contribution in [-0.2, 0) is 11.0 Å². The van der Waals surface area contributed by atoms with Crippen molar-refractivity contribution in [3.8, 4) is 0 Å². The van der Waals surface area contributed by atoms with E-state index in [1.807, 2.05) is 6.07 Å². The maximum Gasteiger partial charge on any atom is 0.418 e. The van der Waals surface area contributed by atoms with Gasteiger partial charge in [-0.25, -0.2) is 0 Å². The summed E-state index contributed by atoms with van der Waals surface area (Å²) in [4.78, 5) is 13.5. The average Bonchev–Trinajstić information content (AvgIpc) is 2.52. The first kappa shape index (κ1) is 17.1. The van der Waals surface area contributed by atoms with E-state index in [0.717, 1.165) is 6.07 Å². The maximum atomic E-state index is 13.0. The van der Waals surface area contributed by atoms with Crippen molar-refractivity contribution in [2.24, 2.45) is 0 Å². The third-order valence-corrected chi connectivity index (χ3v) is 3.47. The third kappa shape index (κ3) is 4.39. The Morgan fingerprint density at radius 3 is 2.43 bits per heavy atom. The van der Waals surface area contributed by atoms with Crippen molar-refractivity contribution in [1.29, 1.82) is 0 Å². The topological polar surface area (TPSA) is 32.3 Å². The van der Waals surface area contributed by atoms with Crippen molar-refractivity contribution >= 4 is 28.9 Å². The number of nitrogens with zero attached hydrogens (tertiary/aromatic N) is 1. The Morgan fingerprint density at radius 2 is 1.83 bits per heavy atom. The highest BCUT2D eigenvalue weighted by Gasteiger charge is 2.33. The Morgan fingerprint density at radius 1 is 1.17 bits per heavy atom. The molecule has 0 heterocycles. The molecule has 0 atom stereocenters. The summed E-state index contributed by atoms with van der Waals surface area (Å²) in [6.45, 7) is -0.268. The summed E-state index contributed by atoms with van der Waals surface area (Å²) in [5.74, 6) is -0.362. The molecule has 2 aromatic carbocycles. The summed E-state index contributed by atoms with van der Waals surface area (Å²) in [7, 11) is 1.56. The lowest BCUT2D eigenvalue weighted by Gasteiger charge is -2.19. The first-order chi connectivity index (χ1) is 10.8. The van der Waals surface area contributed by atoms with E-state index in [1.54, 1.807) is 31.3 Å². The molecule has 1 amide bonds. The van der Waals surface area contributed by atoms with Gasteiger partial charge in [-0.1, -0.05) is 29.8 Å². The van der Waals surface area contributed by atoms with E-state index in [2.05, 4.69) is 5.32 Å². The molecule has 7 heteroatoms. The minimum absolute atomic E-state index is 0.0180. The molecule has 0 aliphatic carbocycles. The second-order valence-electron chi connectivity index (χ2n) is 4.83. The fourth-order valence-electron chi connectivity index (χ4n) is 1.99. The summed E-state index contributed by atoms with van der Waals surface area (Å²) in [6.07, 6.45) is -4.55. The number of halogens is 4. The Kier molecular flexibility index (Phi) is 5.15. The van der Waals surface area contributed by atoms with Crippen molar-refractivity contribution in [2.45, 2.75) is 6.18 Å². The zero-order chi connectivity index (χ0) is 17.0. The number of para-hydroxylation sites is 1. The van der Waals surface area contributed by atoms with E-state index >= 15 is 0 Å². The van der Waals surface area contributed by atoms with Crippen LogP contribution >= 0.6 is 11.6 Å². The van der Waals surface area contributed by atoms with Crippen LogP contribution in [0, 0.1) is 0 Å². The minimum Gasteiger partial charge on any atom is -0.376 e. The van der Waals surface area contributed by atoms with Crippen LogP contribution in [0.25, 0.3) is 0 Å². The molecule has 0 aliphatic heterocycles. The zero-order valence-electron chi connectivity index (χ0n) is 12.2. The van der Waals surface area contributed by atoms with Crippen molar-refractivity contribution < 1.29 is 18.0 Å². The van der Waals surface area contributed by atoms with Crippen LogP contribution in [0.4, 0.5) is 24.5 Å². The van der Waals surface area contributed by atoms with Gasteiger partial charge in [0.2, 0.25) is 5.91 Å². The number of alkyl halides is 3. The van der Waals surface area contributed by atoms with Crippen LogP contribution in [0.2, 0.25) is 5.02 Å². The van der Waals surface area contributed by atoms with E-state index in [-0.39, 0.29) is 23.2 Å². The molecule has 2 rings (SSSR count). The average molecular weight is 343 g/mol. The molecule has 0 aliphatic rings. The normalized spacial score (nSPS) is 11.2. The molecule has 2 aromatic rings. The number of rotatable bonds is 4.